The average molecular weight is 235 g/mol. The number of aliphatic carboxylic acids is 1. The lowest BCUT2D eigenvalue weighted by Gasteiger charge is -2.19. The monoisotopic (exact) mass is 235 g/mol. The molecule has 0 saturated carbocycles. The molecule has 4 nitrogen and oxygen atoms in total. The highest BCUT2D eigenvalue weighted by molar-refractivity contribution is 5.71. The number of carbonyl (C=O) groups is 1. The molecule has 17 heavy (non-hydrogen) atoms. The van der Waals surface area contributed by atoms with E-state index in [0.29, 0.717) is 13.0 Å². The summed E-state index contributed by atoms with van der Waals surface area (Å²) in [4.78, 5) is 11.1. The van der Waals surface area contributed by atoms with Gasteiger partial charge in [0.25, 0.3) is 0 Å². The summed E-state index contributed by atoms with van der Waals surface area (Å²) in [6.07, 6.45) is 1.41. The molecule has 92 valence electrons. The Bertz CT molecular complexity index is 431. The summed E-state index contributed by atoms with van der Waals surface area (Å²) >= 11 is 0. The van der Waals surface area contributed by atoms with Crippen molar-refractivity contribution >= 4 is 5.97 Å². The van der Waals surface area contributed by atoms with Crippen LogP contribution in [0.3, 0.4) is 0 Å². The van der Waals surface area contributed by atoms with Gasteiger partial charge in [0.1, 0.15) is 5.75 Å². The van der Waals surface area contributed by atoms with Gasteiger partial charge < -0.3 is 15.6 Å². The SMILES string of the molecule is CCC(C(=O)O)C(N)c1ccc2c(c1)CCO2. The first-order chi connectivity index (χ1) is 8.13. The van der Waals surface area contributed by atoms with E-state index in [-0.39, 0.29) is 0 Å². The number of hydrogen-bond acceptors (Lipinski definition) is 3. The van der Waals surface area contributed by atoms with Crippen molar-refractivity contribution in [1.82, 2.24) is 0 Å². The maximum atomic E-state index is 11.1. The van der Waals surface area contributed by atoms with Crippen LogP contribution in [-0.4, -0.2) is 17.7 Å². The molecule has 0 bridgehead atoms. The van der Waals surface area contributed by atoms with Gasteiger partial charge in [-0.3, -0.25) is 4.79 Å². The quantitative estimate of drug-likeness (QED) is 0.833. The van der Waals surface area contributed by atoms with Gasteiger partial charge in [-0.1, -0.05) is 19.1 Å². The Balaban J connectivity index is 2.24. The van der Waals surface area contributed by atoms with E-state index < -0.39 is 17.9 Å². The van der Waals surface area contributed by atoms with Gasteiger partial charge >= 0.3 is 5.97 Å². The number of fused-ring (bicyclic) bond motifs is 1. The Morgan fingerprint density at radius 3 is 3.00 bits per heavy atom. The van der Waals surface area contributed by atoms with Crippen LogP contribution in [0.15, 0.2) is 18.2 Å². The molecule has 0 radical (unpaired) electrons. The summed E-state index contributed by atoms with van der Waals surface area (Å²) < 4.78 is 5.41. The highest BCUT2D eigenvalue weighted by Gasteiger charge is 2.25. The molecule has 3 N–H and O–H groups in total. The summed E-state index contributed by atoms with van der Waals surface area (Å²) in [5.74, 6) is -0.476. The van der Waals surface area contributed by atoms with Crippen molar-refractivity contribution in [3.05, 3.63) is 29.3 Å². The van der Waals surface area contributed by atoms with Gasteiger partial charge in [0.2, 0.25) is 0 Å². The zero-order chi connectivity index (χ0) is 12.4. The first-order valence-electron chi connectivity index (χ1n) is 5.87. The van der Waals surface area contributed by atoms with Crippen LogP contribution < -0.4 is 10.5 Å². The number of carboxylic acid groups (broad SMARTS) is 1. The molecule has 0 aromatic heterocycles. The fourth-order valence-electron chi connectivity index (χ4n) is 2.23. The summed E-state index contributed by atoms with van der Waals surface area (Å²) in [6.45, 7) is 2.54. The van der Waals surface area contributed by atoms with Crippen molar-refractivity contribution in [2.24, 2.45) is 11.7 Å². The molecule has 1 aliphatic heterocycles. The molecule has 1 aliphatic rings. The van der Waals surface area contributed by atoms with E-state index in [0.717, 1.165) is 23.3 Å². The molecule has 1 heterocycles. The van der Waals surface area contributed by atoms with E-state index in [1.807, 2.05) is 25.1 Å². The summed E-state index contributed by atoms with van der Waals surface area (Å²) in [5.41, 5.74) is 8.02. The standard InChI is InChI=1S/C13H17NO3/c1-2-10(13(15)16)12(14)9-3-4-11-8(7-9)5-6-17-11/h3-4,7,10,12H,2,5-6,14H2,1H3,(H,15,16). The zero-order valence-electron chi connectivity index (χ0n) is 9.85. The van der Waals surface area contributed by atoms with Crippen molar-refractivity contribution in [2.75, 3.05) is 6.61 Å². The Morgan fingerprint density at radius 2 is 2.35 bits per heavy atom. The van der Waals surface area contributed by atoms with Gasteiger partial charge in [-0.25, -0.2) is 0 Å². The smallest absolute Gasteiger partial charge is 0.308 e. The first-order valence-corrected chi connectivity index (χ1v) is 5.87. The number of ether oxygens (including phenoxy) is 1. The van der Waals surface area contributed by atoms with E-state index in [2.05, 4.69) is 0 Å². The fourth-order valence-corrected chi connectivity index (χ4v) is 2.23. The van der Waals surface area contributed by atoms with Crippen molar-refractivity contribution in [3.63, 3.8) is 0 Å². The molecule has 2 rings (SSSR count). The van der Waals surface area contributed by atoms with Gasteiger partial charge in [-0.05, 0) is 23.6 Å². The van der Waals surface area contributed by atoms with Crippen molar-refractivity contribution in [3.8, 4) is 5.75 Å². The average Bonchev–Trinajstić information content (AvgIpc) is 2.75. The summed E-state index contributed by atoms with van der Waals surface area (Å²) in [5, 5.41) is 9.09. The van der Waals surface area contributed by atoms with E-state index in [4.69, 9.17) is 15.6 Å². The molecule has 0 saturated heterocycles. The van der Waals surface area contributed by atoms with Crippen LogP contribution in [-0.2, 0) is 11.2 Å². The van der Waals surface area contributed by atoms with Crippen LogP contribution in [0, 0.1) is 5.92 Å². The van der Waals surface area contributed by atoms with E-state index in [1.54, 1.807) is 0 Å². The van der Waals surface area contributed by atoms with Crippen LogP contribution in [0.2, 0.25) is 0 Å². The lowest BCUT2D eigenvalue weighted by atomic mass is 9.90. The van der Waals surface area contributed by atoms with Crippen molar-refractivity contribution in [2.45, 2.75) is 25.8 Å². The normalized spacial score (nSPS) is 17.1. The van der Waals surface area contributed by atoms with Crippen LogP contribution in [0.4, 0.5) is 0 Å². The van der Waals surface area contributed by atoms with Gasteiger partial charge in [0, 0.05) is 12.5 Å². The van der Waals surface area contributed by atoms with E-state index >= 15 is 0 Å². The van der Waals surface area contributed by atoms with Crippen LogP contribution in [0.5, 0.6) is 5.75 Å². The minimum atomic E-state index is -0.836. The zero-order valence-corrected chi connectivity index (χ0v) is 9.85. The second-order valence-corrected chi connectivity index (χ2v) is 4.34. The molecule has 1 aromatic rings. The minimum absolute atomic E-state index is 0.455. The highest BCUT2D eigenvalue weighted by atomic mass is 16.5. The molecule has 0 aliphatic carbocycles. The molecule has 2 atom stereocenters. The third-order valence-electron chi connectivity index (χ3n) is 3.29. The fraction of sp³-hybridized carbons (Fsp3) is 0.462. The number of carboxylic acids is 1. The van der Waals surface area contributed by atoms with Crippen molar-refractivity contribution in [1.29, 1.82) is 0 Å². The lowest BCUT2D eigenvalue weighted by Crippen LogP contribution is -2.27. The summed E-state index contributed by atoms with van der Waals surface area (Å²) in [6, 6.07) is 5.26. The molecular weight excluding hydrogens is 218 g/mol. The molecule has 4 heteroatoms. The molecule has 1 aromatic carbocycles. The third kappa shape index (κ3) is 2.26. The molecule has 0 amide bonds. The topological polar surface area (TPSA) is 72.5 Å². The Kier molecular flexibility index (Phi) is 3.33. The highest BCUT2D eigenvalue weighted by Crippen LogP contribution is 2.30. The number of benzene rings is 1. The molecule has 0 fully saturated rings. The Labute approximate surface area is 100 Å². The molecule has 2 unspecified atom stereocenters. The lowest BCUT2D eigenvalue weighted by molar-refractivity contribution is -0.142. The number of hydrogen-bond donors (Lipinski definition) is 2. The van der Waals surface area contributed by atoms with E-state index in [1.165, 1.54) is 0 Å². The van der Waals surface area contributed by atoms with Gasteiger partial charge in [0.05, 0.1) is 12.5 Å². The molecule has 0 spiro atoms. The second-order valence-electron chi connectivity index (χ2n) is 4.34. The molecular formula is C13H17NO3. The Hall–Kier alpha value is -1.55. The van der Waals surface area contributed by atoms with E-state index in [9.17, 15) is 4.79 Å². The summed E-state index contributed by atoms with van der Waals surface area (Å²) in [7, 11) is 0. The minimum Gasteiger partial charge on any atom is -0.493 e. The van der Waals surface area contributed by atoms with Crippen molar-refractivity contribution < 1.29 is 14.6 Å². The van der Waals surface area contributed by atoms with Gasteiger partial charge in [0.15, 0.2) is 0 Å². The maximum absolute atomic E-state index is 11.1. The Morgan fingerprint density at radius 1 is 1.59 bits per heavy atom. The van der Waals surface area contributed by atoms with Gasteiger partial charge in [-0.15, -0.1) is 0 Å². The largest absolute Gasteiger partial charge is 0.493 e. The van der Waals surface area contributed by atoms with Crippen LogP contribution in [0.1, 0.15) is 30.5 Å². The third-order valence-corrected chi connectivity index (χ3v) is 3.29. The predicted molar refractivity (Wildman–Crippen MR) is 64.0 cm³/mol. The van der Waals surface area contributed by atoms with Crippen LogP contribution >= 0.6 is 0 Å². The van der Waals surface area contributed by atoms with Gasteiger partial charge in [-0.2, -0.15) is 0 Å². The second kappa shape index (κ2) is 4.75. The maximum Gasteiger partial charge on any atom is 0.308 e. The number of nitrogens with two attached hydrogens (primary N) is 1. The first kappa shape index (κ1) is 11.9. The number of rotatable bonds is 4. The van der Waals surface area contributed by atoms with Crippen LogP contribution in [0.25, 0.3) is 0 Å². The predicted octanol–water partition coefficient (Wildman–Crippen LogP) is 1.73.